The maximum Gasteiger partial charge on any atom is 0.273 e. The fourth-order valence-corrected chi connectivity index (χ4v) is 2.69. The van der Waals surface area contributed by atoms with Crippen molar-refractivity contribution < 1.29 is 4.79 Å². The van der Waals surface area contributed by atoms with Gasteiger partial charge in [-0.05, 0) is 18.3 Å². The lowest BCUT2D eigenvalue weighted by molar-refractivity contribution is 0.0931. The number of nitrogens with one attached hydrogen (secondary N) is 1. The number of hydrogen-bond donors (Lipinski definition) is 2. The lowest BCUT2D eigenvalue weighted by atomic mass is 9.80. The number of nitrogens with two attached hydrogens (primary N) is 1. The van der Waals surface area contributed by atoms with Crippen LogP contribution in [0.4, 0.5) is 5.69 Å². The molecule has 0 radical (unpaired) electrons. The zero-order chi connectivity index (χ0) is 13.1. The zero-order valence-corrected chi connectivity index (χ0v) is 11.1. The second-order valence-corrected chi connectivity index (χ2v) is 5.34. The highest BCUT2D eigenvalue weighted by atomic mass is 16.2. The Morgan fingerprint density at radius 3 is 2.89 bits per heavy atom. The Hall–Kier alpha value is -1.52. The first-order chi connectivity index (χ1) is 8.58. The van der Waals surface area contributed by atoms with Crippen molar-refractivity contribution in [2.24, 2.45) is 18.9 Å². The molecule has 1 saturated carbocycles. The van der Waals surface area contributed by atoms with Gasteiger partial charge >= 0.3 is 0 Å². The Labute approximate surface area is 108 Å². The maximum atomic E-state index is 12.0. The minimum absolute atomic E-state index is 0.161. The number of nitrogens with zero attached hydrogens (tertiary/aromatic N) is 2. The SMILES string of the molecule is CC1CCCCC1CNC(=O)c1nn(C)cc1N. The Kier molecular flexibility index (Phi) is 3.89. The molecule has 18 heavy (non-hydrogen) atoms. The number of carbonyl (C=O) groups is 1. The van der Waals surface area contributed by atoms with Crippen LogP contribution in [0, 0.1) is 11.8 Å². The molecule has 5 nitrogen and oxygen atoms in total. The minimum atomic E-state index is -0.161. The van der Waals surface area contributed by atoms with E-state index in [9.17, 15) is 4.79 Å². The monoisotopic (exact) mass is 250 g/mol. The van der Waals surface area contributed by atoms with Crippen molar-refractivity contribution in [2.45, 2.75) is 32.6 Å². The van der Waals surface area contributed by atoms with Crippen LogP contribution in [0.1, 0.15) is 43.1 Å². The molecule has 1 heterocycles. The lowest BCUT2D eigenvalue weighted by Gasteiger charge is -2.28. The number of nitrogen functional groups attached to an aromatic ring is 1. The van der Waals surface area contributed by atoms with Crippen LogP contribution in [0.25, 0.3) is 0 Å². The van der Waals surface area contributed by atoms with Gasteiger partial charge in [0.05, 0.1) is 5.69 Å². The number of hydrogen-bond acceptors (Lipinski definition) is 3. The first-order valence-corrected chi connectivity index (χ1v) is 6.65. The summed E-state index contributed by atoms with van der Waals surface area (Å²) in [7, 11) is 1.76. The molecule has 0 saturated heterocycles. The summed E-state index contributed by atoms with van der Waals surface area (Å²) in [5.74, 6) is 1.12. The molecule has 3 N–H and O–H groups in total. The molecule has 1 aromatic heterocycles. The molecule has 1 aliphatic rings. The van der Waals surface area contributed by atoms with E-state index >= 15 is 0 Å². The second-order valence-electron chi connectivity index (χ2n) is 5.34. The van der Waals surface area contributed by atoms with E-state index in [0.29, 0.717) is 23.2 Å². The van der Waals surface area contributed by atoms with Crippen LogP contribution in [0.2, 0.25) is 0 Å². The van der Waals surface area contributed by atoms with Crippen LogP contribution in [-0.4, -0.2) is 22.2 Å². The largest absolute Gasteiger partial charge is 0.396 e. The number of amides is 1. The van der Waals surface area contributed by atoms with Gasteiger partial charge in [-0.1, -0.05) is 26.2 Å². The number of aromatic nitrogens is 2. The van der Waals surface area contributed by atoms with E-state index in [1.165, 1.54) is 25.7 Å². The molecule has 0 aliphatic heterocycles. The molecule has 2 atom stereocenters. The van der Waals surface area contributed by atoms with Crippen LogP contribution >= 0.6 is 0 Å². The van der Waals surface area contributed by atoms with E-state index in [0.717, 1.165) is 6.54 Å². The van der Waals surface area contributed by atoms with Crippen molar-refractivity contribution in [1.82, 2.24) is 15.1 Å². The first kappa shape index (κ1) is 12.9. The number of aryl methyl sites for hydroxylation is 1. The highest BCUT2D eigenvalue weighted by molar-refractivity contribution is 5.96. The average Bonchev–Trinajstić information content (AvgIpc) is 2.67. The van der Waals surface area contributed by atoms with Gasteiger partial charge < -0.3 is 11.1 Å². The van der Waals surface area contributed by atoms with Gasteiger partial charge in [0.25, 0.3) is 5.91 Å². The van der Waals surface area contributed by atoms with E-state index in [4.69, 9.17) is 5.73 Å². The predicted octanol–water partition coefficient (Wildman–Crippen LogP) is 1.56. The zero-order valence-electron chi connectivity index (χ0n) is 11.1. The summed E-state index contributed by atoms with van der Waals surface area (Å²) in [5.41, 5.74) is 6.51. The van der Waals surface area contributed by atoms with Gasteiger partial charge in [-0.15, -0.1) is 0 Å². The third-order valence-electron chi connectivity index (χ3n) is 3.89. The summed E-state index contributed by atoms with van der Waals surface area (Å²) >= 11 is 0. The van der Waals surface area contributed by atoms with Gasteiger partial charge in [-0.25, -0.2) is 0 Å². The van der Waals surface area contributed by atoms with Gasteiger partial charge in [-0.2, -0.15) is 5.10 Å². The summed E-state index contributed by atoms with van der Waals surface area (Å²) in [6.45, 7) is 3.00. The van der Waals surface area contributed by atoms with Crippen molar-refractivity contribution >= 4 is 11.6 Å². The smallest absolute Gasteiger partial charge is 0.273 e. The molecule has 100 valence electrons. The van der Waals surface area contributed by atoms with E-state index in [1.807, 2.05) is 0 Å². The molecule has 1 aliphatic carbocycles. The molecular weight excluding hydrogens is 228 g/mol. The molecule has 2 rings (SSSR count). The third-order valence-corrected chi connectivity index (χ3v) is 3.89. The minimum Gasteiger partial charge on any atom is -0.396 e. The molecule has 1 amide bonds. The molecule has 0 spiro atoms. The highest BCUT2D eigenvalue weighted by Crippen LogP contribution is 2.28. The van der Waals surface area contributed by atoms with Crippen LogP contribution in [-0.2, 0) is 7.05 Å². The topological polar surface area (TPSA) is 72.9 Å². The fourth-order valence-electron chi connectivity index (χ4n) is 2.69. The van der Waals surface area contributed by atoms with Crippen molar-refractivity contribution in [2.75, 3.05) is 12.3 Å². The first-order valence-electron chi connectivity index (χ1n) is 6.65. The molecule has 1 fully saturated rings. The molecule has 0 aromatic carbocycles. The van der Waals surface area contributed by atoms with E-state index < -0.39 is 0 Å². The average molecular weight is 250 g/mol. The lowest BCUT2D eigenvalue weighted by Crippen LogP contribution is -2.34. The molecule has 2 unspecified atom stereocenters. The van der Waals surface area contributed by atoms with Crippen LogP contribution < -0.4 is 11.1 Å². The summed E-state index contributed by atoms with van der Waals surface area (Å²) in [5, 5.41) is 7.03. The third kappa shape index (κ3) is 2.83. The summed E-state index contributed by atoms with van der Waals surface area (Å²) in [4.78, 5) is 12.0. The molecule has 5 heteroatoms. The standard InChI is InChI=1S/C13H22N4O/c1-9-5-3-4-6-10(9)7-15-13(18)12-11(14)8-17(2)16-12/h8-10H,3-7,14H2,1-2H3,(H,15,18). The van der Waals surface area contributed by atoms with E-state index in [2.05, 4.69) is 17.3 Å². The Morgan fingerprint density at radius 1 is 1.56 bits per heavy atom. The van der Waals surface area contributed by atoms with Gasteiger partial charge in [0, 0.05) is 19.8 Å². The Morgan fingerprint density at radius 2 is 2.28 bits per heavy atom. The summed E-state index contributed by atoms with van der Waals surface area (Å²) in [6.07, 6.45) is 6.72. The van der Waals surface area contributed by atoms with Crippen LogP contribution in [0.5, 0.6) is 0 Å². The fraction of sp³-hybridized carbons (Fsp3) is 0.692. The van der Waals surface area contributed by atoms with Gasteiger partial charge in [0.15, 0.2) is 5.69 Å². The van der Waals surface area contributed by atoms with Crippen LogP contribution in [0.15, 0.2) is 6.20 Å². The maximum absolute atomic E-state index is 12.0. The molecule has 0 bridgehead atoms. The number of rotatable bonds is 3. The highest BCUT2D eigenvalue weighted by Gasteiger charge is 2.22. The summed E-state index contributed by atoms with van der Waals surface area (Å²) in [6, 6.07) is 0. The van der Waals surface area contributed by atoms with Crippen LogP contribution in [0.3, 0.4) is 0 Å². The van der Waals surface area contributed by atoms with Crippen molar-refractivity contribution in [3.63, 3.8) is 0 Å². The van der Waals surface area contributed by atoms with Crippen molar-refractivity contribution in [3.8, 4) is 0 Å². The van der Waals surface area contributed by atoms with Gasteiger partial charge in [0.2, 0.25) is 0 Å². The second kappa shape index (κ2) is 5.42. The predicted molar refractivity (Wildman–Crippen MR) is 71.1 cm³/mol. The van der Waals surface area contributed by atoms with Crippen molar-refractivity contribution in [3.05, 3.63) is 11.9 Å². The quantitative estimate of drug-likeness (QED) is 0.855. The summed E-state index contributed by atoms with van der Waals surface area (Å²) < 4.78 is 1.56. The Balaban J connectivity index is 1.90. The molecular formula is C13H22N4O. The van der Waals surface area contributed by atoms with Gasteiger partial charge in [-0.3, -0.25) is 9.48 Å². The van der Waals surface area contributed by atoms with E-state index in [-0.39, 0.29) is 5.91 Å². The van der Waals surface area contributed by atoms with Crippen molar-refractivity contribution in [1.29, 1.82) is 0 Å². The van der Waals surface area contributed by atoms with Gasteiger partial charge in [0.1, 0.15) is 0 Å². The Bertz CT molecular complexity index is 427. The molecule has 1 aromatic rings. The number of carbonyl (C=O) groups excluding carboxylic acids is 1. The van der Waals surface area contributed by atoms with E-state index in [1.54, 1.807) is 17.9 Å². The number of anilines is 1. The normalized spacial score (nSPS) is 23.9.